The number of aliphatic hydroxyl groups excluding tert-OH is 1. The van der Waals surface area contributed by atoms with Gasteiger partial charge in [-0.1, -0.05) is 44.2 Å². The maximum Gasteiger partial charge on any atom is 0.295 e. The number of aryl methyl sites for hydroxylation is 1. The summed E-state index contributed by atoms with van der Waals surface area (Å²) in [5.74, 6) is 0.466. The molecule has 1 unspecified atom stereocenters. The second-order valence-corrected chi connectivity index (χ2v) is 10.5. The van der Waals surface area contributed by atoms with Gasteiger partial charge in [0.25, 0.3) is 11.7 Å². The molecule has 210 valence electrons. The predicted molar refractivity (Wildman–Crippen MR) is 155 cm³/mol. The molecule has 4 rings (SSSR count). The summed E-state index contributed by atoms with van der Waals surface area (Å²) < 4.78 is 16.9. The molecular formula is C33H37NO6. The number of amides is 1. The van der Waals surface area contributed by atoms with E-state index in [9.17, 15) is 14.7 Å². The highest BCUT2D eigenvalue weighted by Gasteiger charge is 2.46. The molecule has 1 heterocycles. The van der Waals surface area contributed by atoms with Gasteiger partial charge in [-0.25, -0.2) is 0 Å². The van der Waals surface area contributed by atoms with Crippen molar-refractivity contribution in [2.45, 2.75) is 59.2 Å². The second-order valence-electron chi connectivity index (χ2n) is 10.5. The van der Waals surface area contributed by atoms with Crippen LogP contribution in [0.5, 0.6) is 17.2 Å². The van der Waals surface area contributed by atoms with Gasteiger partial charge in [-0.05, 0) is 73.7 Å². The Morgan fingerprint density at radius 2 is 1.57 bits per heavy atom. The highest BCUT2D eigenvalue weighted by Crippen LogP contribution is 2.43. The van der Waals surface area contributed by atoms with Gasteiger partial charge in [-0.15, -0.1) is 0 Å². The van der Waals surface area contributed by atoms with Gasteiger partial charge in [-0.2, -0.15) is 0 Å². The standard InChI is InChI=1S/C33H37NO6/c1-19(2)25-17-26(21(5)16-28(25)39-7)31(35)29-30(22-12-14-24(15-13-22)40-20(3)4)34(33(37)32(29)36)18-23-10-8-9-11-27(23)38-6/h8-17,19-20,30,35H,18H2,1-7H3/b31-29+. The van der Waals surface area contributed by atoms with Crippen molar-refractivity contribution < 1.29 is 28.9 Å². The summed E-state index contributed by atoms with van der Waals surface area (Å²) in [5.41, 5.74) is 3.59. The number of ether oxygens (including phenoxy) is 3. The Hall–Kier alpha value is -4.26. The molecule has 1 amide bonds. The number of methoxy groups -OCH3 is 2. The van der Waals surface area contributed by atoms with Crippen LogP contribution in [-0.4, -0.2) is 42.0 Å². The summed E-state index contributed by atoms with van der Waals surface area (Å²) in [5, 5.41) is 11.7. The number of Topliss-reactive ketones (excluding diaryl/α,β-unsaturated/α-hetero) is 1. The Kier molecular flexibility index (Phi) is 8.52. The maximum absolute atomic E-state index is 13.6. The van der Waals surface area contributed by atoms with Crippen molar-refractivity contribution >= 4 is 17.4 Å². The van der Waals surface area contributed by atoms with Crippen molar-refractivity contribution in [1.82, 2.24) is 4.90 Å². The lowest BCUT2D eigenvalue weighted by Gasteiger charge is -2.26. The third kappa shape index (κ3) is 5.55. The van der Waals surface area contributed by atoms with E-state index in [2.05, 4.69) is 0 Å². The Balaban J connectivity index is 1.91. The van der Waals surface area contributed by atoms with Crippen LogP contribution in [0, 0.1) is 6.92 Å². The number of nitrogens with zero attached hydrogens (tertiary/aromatic N) is 1. The minimum atomic E-state index is -0.818. The first-order valence-electron chi connectivity index (χ1n) is 13.4. The quantitative estimate of drug-likeness (QED) is 0.187. The van der Waals surface area contributed by atoms with Crippen LogP contribution >= 0.6 is 0 Å². The van der Waals surface area contributed by atoms with Crippen molar-refractivity contribution in [2.24, 2.45) is 0 Å². The predicted octanol–water partition coefficient (Wildman–Crippen LogP) is 6.54. The average Bonchev–Trinajstić information content (AvgIpc) is 3.17. The zero-order chi connectivity index (χ0) is 29.1. The Bertz CT molecular complexity index is 1440. The SMILES string of the molecule is COc1ccccc1CN1C(=O)C(=O)/C(=C(/O)c2cc(C(C)C)c(OC)cc2C)C1c1ccc(OC(C)C)cc1. The molecule has 7 heteroatoms. The van der Waals surface area contributed by atoms with Gasteiger partial charge >= 0.3 is 0 Å². The summed E-state index contributed by atoms with van der Waals surface area (Å²) in [6.45, 7) is 9.92. The van der Waals surface area contributed by atoms with E-state index in [1.807, 2.05) is 95.3 Å². The van der Waals surface area contributed by atoms with Crippen LogP contribution in [0.25, 0.3) is 5.76 Å². The molecule has 0 saturated carbocycles. The van der Waals surface area contributed by atoms with E-state index in [1.165, 1.54) is 4.90 Å². The van der Waals surface area contributed by atoms with Crippen molar-refractivity contribution in [3.63, 3.8) is 0 Å². The van der Waals surface area contributed by atoms with Gasteiger partial charge in [-0.3, -0.25) is 9.59 Å². The Morgan fingerprint density at radius 1 is 0.925 bits per heavy atom. The minimum Gasteiger partial charge on any atom is -0.507 e. The van der Waals surface area contributed by atoms with Crippen LogP contribution in [0.15, 0.2) is 66.2 Å². The van der Waals surface area contributed by atoms with Gasteiger partial charge in [0.15, 0.2) is 0 Å². The number of rotatable bonds is 9. The molecule has 1 N–H and O–H groups in total. The number of carbonyl (C=O) groups excluding carboxylic acids is 2. The van der Waals surface area contributed by atoms with E-state index >= 15 is 0 Å². The van der Waals surface area contributed by atoms with Crippen LogP contribution in [0.1, 0.15) is 67.5 Å². The number of benzene rings is 3. The van der Waals surface area contributed by atoms with Crippen LogP contribution < -0.4 is 14.2 Å². The van der Waals surface area contributed by atoms with Gasteiger partial charge in [0.2, 0.25) is 0 Å². The first kappa shape index (κ1) is 28.7. The third-order valence-electron chi connectivity index (χ3n) is 7.09. The molecule has 1 fully saturated rings. The van der Waals surface area contributed by atoms with E-state index in [-0.39, 0.29) is 29.9 Å². The first-order valence-corrected chi connectivity index (χ1v) is 13.4. The molecule has 0 radical (unpaired) electrons. The number of para-hydroxylation sites is 1. The summed E-state index contributed by atoms with van der Waals surface area (Å²) in [6.07, 6.45) is -0.00442. The number of aliphatic hydroxyl groups is 1. The fourth-order valence-corrected chi connectivity index (χ4v) is 5.13. The molecule has 40 heavy (non-hydrogen) atoms. The smallest absolute Gasteiger partial charge is 0.295 e. The molecule has 3 aromatic carbocycles. The van der Waals surface area contributed by atoms with Crippen molar-refractivity contribution in [2.75, 3.05) is 14.2 Å². The zero-order valence-electron chi connectivity index (χ0n) is 24.1. The van der Waals surface area contributed by atoms with E-state index in [1.54, 1.807) is 14.2 Å². The summed E-state index contributed by atoms with van der Waals surface area (Å²) in [6, 6.07) is 17.5. The van der Waals surface area contributed by atoms with Crippen molar-refractivity contribution in [3.8, 4) is 17.2 Å². The fourth-order valence-electron chi connectivity index (χ4n) is 5.13. The molecular weight excluding hydrogens is 506 g/mol. The molecule has 0 aliphatic carbocycles. The minimum absolute atomic E-state index is 0.00442. The van der Waals surface area contributed by atoms with E-state index in [0.29, 0.717) is 28.4 Å². The normalized spacial score (nSPS) is 16.6. The van der Waals surface area contributed by atoms with Gasteiger partial charge in [0.1, 0.15) is 23.0 Å². The molecule has 1 aliphatic heterocycles. The monoisotopic (exact) mass is 543 g/mol. The highest BCUT2D eigenvalue weighted by molar-refractivity contribution is 6.46. The molecule has 0 aromatic heterocycles. The largest absolute Gasteiger partial charge is 0.507 e. The number of hydrogen-bond acceptors (Lipinski definition) is 6. The van der Waals surface area contributed by atoms with Crippen LogP contribution in [0.3, 0.4) is 0 Å². The second kappa shape index (κ2) is 11.9. The summed E-state index contributed by atoms with van der Waals surface area (Å²) in [7, 11) is 3.17. The molecule has 1 saturated heterocycles. The Morgan fingerprint density at radius 3 is 2.17 bits per heavy atom. The lowest BCUT2D eigenvalue weighted by molar-refractivity contribution is -0.140. The molecule has 7 nitrogen and oxygen atoms in total. The first-order chi connectivity index (χ1) is 19.1. The Labute approximate surface area is 236 Å². The number of likely N-dealkylation sites (tertiary alicyclic amines) is 1. The highest BCUT2D eigenvalue weighted by atomic mass is 16.5. The molecule has 1 aliphatic rings. The number of hydrogen-bond donors (Lipinski definition) is 1. The number of carbonyl (C=O) groups is 2. The zero-order valence-corrected chi connectivity index (χ0v) is 24.1. The van der Waals surface area contributed by atoms with Crippen molar-refractivity contribution in [3.05, 3.63) is 94.1 Å². The average molecular weight is 544 g/mol. The van der Waals surface area contributed by atoms with E-state index in [4.69, 9.17) is 14.2 Å². The van der Waals surface area contributed by atoms with Crippen molar-refractivity contribution in [1.29, 1.82) is 0 Å². The van der Waals surface area contributed by atoms with Gasteiger partial charge < -0.3 is 24.2 Å². The summed E-state index contributed by atoms with van der Waals surface area (Å²) >= 11 is 0. The van der Waals surface area contributed by atoms with Crippen LogP contribution in [-0.2, 0) is 16.1 Å². The number of ketones is 1. The molecule has 3 aromatic rings. The lowest BCUT2D eigenvalue weighted by atomic mass is 9.91. The van der Waals surface area contributed by atoms with Gasteiger partial charge in [0.05, 0.1) is 38.5 Å². The third-order valence-corrected chi connectivity index (χ3v) is 7.09. The lowest BCUT2D eigenvalue weighted by Crippen LogP contribution is -2.29. The molecule has 0 spiro atoms. The van der Waals surface area contributed by atoms with Crippen LogP contribution in [0.4, 0.5) is 0 Å². The molecule has 0 bridgehead atoms. The van der Waals surface area contributed by atoms with Crippen LogP contribution in [0.2, 0.25) is 0 Å². The molecule has 1 atom stereocenters. The summed E-state index contributed by atoms with van der Waals surface area (Å²) in [4.78, 5) is 28.7. The fraction of sp³-hybridized carbons (Fsp3) is 0.333. The van der Waals surface area contributed by atoms with E-state index in [0.717, 1.165) is 16.7 Å². The van der Waals surface area contributed by atoms with E-state index < -0.39 is 17.7 Å². The van der Waals surface area contributed by atoms with Gasteiger partial charge in [0, 0.05) is 11.1 Å². The topological polar surface area (TPSA) is 85.3 Å². The maximum atomic E-state index is 13.6.